The number of imidazole rings is 1. The summed E-state index contributed by atoms with van der Waals surface area (Å²) in [6.45, 7) is 1.34. The van der Waals surface area contributed by atoms with Crippen LogP contribution in [0.3, 0.4) is 0 Å². The minimum Gasteiger partial charge on any atom is -0.363 e. The smallest absolute Gasteiger partial charge is 0.255 e. The fourth-order valence-corrected chi connectivity index (χ4v) is 3.51. The van der Waals surface area contributed by atoms with Gasteiger partial charge < -0.3 is 14.8 Å². The summed E-state index contributed by atoms with van der Waals surface area (Å²) in [5, 5.41) is 0. The number of benzene rings is 1. The molecule has 4 rings (SSSR count). The van der Waals surface area contributed by atoms with Crippen LogP contribution in [-0.2, 0) is 0 Å². The predicted octanol–water partition coefficient (Wildman–Crippen LogP) is 3.18. The van der Waals surface area contributed by atoms with Gasteiger partial charge >= 0.3 is 0 Å². The number of halogens is 1. The molecule has 1 aliphatic heterocycles. The fourth-order valence-electron chi connectivity index (χ4n) is 3.51. The zero-order valence-corrected chi connectivity index (χ0v) is 15.4. The van der Waals surface area contributed by atoms with Gasteiger partial charge in [0.2, 0.25) is 0 Å². The minimum absolute atomic E-state index is 0.0120. The van der Waals surface area contributed by atoms with Crippen LogP contribution in [0, 0.1) is 5.82 Å². The van der Waals surface area contributed by atoms with Crippen LogP contribution in [-0.4, -0.2) is 52.9 Å². The van der Waals surface area contributed by atoms with Crippen molar-refractivity contribution in [3.63, 3.8) is 0 Å². The van der Waals surface area contributed by atoms with Gasteiger partial charge in [0.15, 0.2) is 0 Å². The van der Waals surface area contributed by atoms with Crippen LogP contribution in [0.15, 0.2) is 36.5 Å². The van der Waals surface area contributed by atoms with Gasteiger partial charge in [0.25, 0.3) is 5.91 Å². The molecule has 1 aliphatic rings. The lowest BCUT2D eigenvalue weighted by Gasteiger charge is -2.31. The molecule has 0 bridgehead atoms. The Morgan fingerprint density at radius 1 is 1.22 bits per heavy atom. The number of piperidine rings is 1. The topological polar surface area (TPSA) is 65.1 Å². The number of amides is 1. The van der Waals surface area contributed by atoms with Crippen molar-refractivity contribution in [3.8, 4) is 0 Å². The predicted molar refractivity (Wildman–Crippen MR) is 102 cm³/mol. The van der Waals surface area contributed by atoms with Crippen LogP contribution in [0.4, 0.5) is 10.2 Å². The van der Waals surface area contributed by atoms with Gasteiger partial charge in [0.1, 0.15) is 17.5 Å². The molecule has 3 aromatic rings. The van der Waals surface area contributed by atoms with Crippen LogP contribution in [0.1, 0.15) is 34.9 Å². The van der Waals surface area contributed by atoms with E-state index in [0.717, 1.165) is 35.5 Å². The molecule has 2 aromatic heterocycles. The normalized spacial score (nSPS) is 15.3. The summed E-state index contributed by atoms with van der Waals surface area (Å²) in [5.74, 6) is 1.69. The van der Waals surface area contributed by atoms with Crippen molar-refractivity contribution in [1.82, 2.24) is 19.9 Å². The molecule has 1 N–H and O–H groups in total. The monoisotopic (exact) mass is 367 g/mol. The number of nitrogens with zero attached hydrogens (tertiary/aromatic N) is 4. The summed E-state index contributed by atoms with van der Waals surface area (Å²) < 4.78 is 13.4. The molecule has 3 heterocycles. The standard InChI is InChI=1S/C20H22FN5O/c1-25(2)18-6-3-14(12-22-18)20(27)26-9-7-13(8-10-26)19-23-16-5-4-15(21)11-17(16)24-19/h3-6,11-13H,7-10H2,1-2H3,(H,23,24). The number of anilines is 1. The van der Waals surface area contributed by atoms with Crippen molar-refractivity contribution in [3.05, 3.63) is 53.7 Å². The minimum atomic E-state index is -0.271. The molecule has 0 radical (unpaired) electrons. The first-order chi connectivity index (χ1) is 13.0. The van der Waals surface area contributed by atoms with E-state index in [-0.39, 0.29) is 17.6 Å². The summed E-state index contributed by atoms with van der Waals surface area (Å²) in [7, 11) is 3.84. The Morgan fingerprint density at radius 2 is 2.00 bits per heavy atom. The van der Waals surface area contributed by atoms with E-state index in [9.17, 15) is 9.18 Å². The number of likely N-dealkylation sites (tertiary alicyclic amines) is 1. The highest BCUT2D eigenvalue weighted by molar-refractivity contribution is 5.94. The first kappa shape index (κ1) is 17.5. The Hall–Kier alpha value is -2.96. The van der Waals surface area contributed by atoms with Crippen molar-refractivity contribution < 1.29 is 9.18 Å². The highest BCUT2D eigenvalue weighted by Crippen LogP contribution is 2.28. The average molecular weight is 367 g/mol. The van der Waals surface area contributed by atoms with Crippen LogP contribution in [0.2, 0.25) is 0 Å². The molecule has 0 atom stereocenters. The van der Waals surface area contributed by atoms with E-state index in [4.69, 9.17) is 0 Å². The Bertz CT molecular complexity index is 958. The zero-order chi connectivity index (χ0) is 19.0. The Balaban J connectivity index is 1.42. The number of carbonyl (C=O) groups is 1. The van der Waals surface area contributed by atoms with Crippen LogP contribution < -0.4 is 4.90 Å². The quantitative estimate of drug-likeness (QED) is 0.772. The Kier molecular flexibility index (Phi) is 4.51. The van der Waals surface area contributed by atoms with Gasteiger partial charge in [-0.05, 0) is 43.2 Å². The number of hydrogen-bond donors (Lipinski definition) is 1. The summed E-state index contributed by atoms with van der Waals surface area (Å²) in [5.41, 5.74) is 2.10. The van der Waals surface area contributed by atoms with Crippen LogP contribution >= 0.6 is 0 Å². The van der Waals surface area contributed by atoms with E-state index in [1.165, 1.54) is 12.1 Å². The molecular formula is C20H22FN5O. The van der Waals surface area contributed by atoms with Gasteiger partial charge in [-0.2, -0.15) is 0 Å². The second-order valence-electron chi connectivity index (χ2n) is 7.15. The Labute approximate surface area is 157 Å². The molecule has 140 valence electrons. The lowest BCUT2D eigenvalue weighted by Crippen LogP contribution is -2.38. The molecule has 6 nitrogen and oxygen atoms in total. The number of pyridine rings is 1. The van der Waals surface area contributed by atoms with Crippen molar-refractivity contribution in [2.24, 2.45) is 0 Å². The number of aromatic amines is 1. The first-order valence-electron chi connectivity index (χ1n) is 9.09. The molecule has 0 unspecified atom stereocenters. The summed E-state index contributed by atoms with van der Waals surface area (Å²) in [6.07, 6.45) is 3.30. The average Bonchev–Trinajstić information content (AvgIpc) is 3.11. The van der Waals surface area contributed by atoms with Crippen molar-refractivity contribution in [2.75, 3.05) is 32.1 Å². The zero-order valence-electron chi connectivity index (χ0n) is 15.4. The molecule has 7 heteroatoms. The second-order valence-corrected chi connectivity index (χ2v) is 7.15. The van der Waals surface area contributed by atoms with Crippen LogP contribution in [0.25, 0.3) is 11.0 Å². The molecule has 27 heavy (non-hydrogen) atoms. The molecule has 1 saturated heterocycles. The maximum absolute atomic E-state index is 13.4. The molecule has 0 aliphatic carbocycles. The first-order valence-corrected chi connectivity index (χ1v) is 9.09. The van der Waals surface area contributed by atoms with Crippen molar-refractivity contribution in [2.45, 2.75) is 18.8 Å². The van der Waals surface area contributed by atoms with Gasteiger partial charge in [0.05, 0.1) is 16.6 Å². The molecule has 0 spiro atoms. The van der Waals surface area contributed by atoms with E-state index < -0.39 is 0 Å². The molecular weight excluding hydrogens is 345 g/mol. The molecule has 0 saturated carbocycles. The van der Waals surface area contributed by atoms with Gasteiger partial charge in [-0.3, -0.25) is 4.79 Å². The maximum Gasteiger partial charge on any atom is 0.255 e. The van der Waals surface area contributed by atoms with Gasteiger partial charge in [-0.15, -0.1) is 0 Å². The van der Waals surface area contributed by atoms with Gasteiger partial charge in [-0.25, -0.2) is 14.4 Å². The third kappa shape index (κ3) is 3.49. The van der Waals surface area contributed by atoms with E-state index in [1.54, 1.807) is 12.3 Å². The summed E-state index contributed by atoms with van der Waals surface area (Å²) >= 11 is 0. The maximum atomic E-state index is 13.4. The van der Waals surface area contributed by atoms with Crippen molar-refractivity contribution >= 4 is 22.8 Å². The molecule has 1 amide bonds. The summed E-state index contributed by atoms with van der Waals surface area (Å²) in [6, 6.07) is 8.25. The van der Waals surface area contributed by atoms with E-state index >= 15 is 0 Å². The highest BCUT2D eigenvalue weighted by atomic mass is 19.1. The van der Waals surface area contributed by atoms with Crippen molar-refractivity contribution in [1.29, 1.82) is 0 Å². The van der Waals surface area contributed by atoms with E-state index in [2.05, 4.69) is 15.0 Å². The molecule has 1 aromatic carbocycles. The Morgan fingerprint density at radius 3 is 2.67 bits per heavy atom. The summed E-state index contributed by atoms with van der Waals surface area (Å²) in [4.78, 5) is 28.6. The SMILES string of the molecule is CN(C)c1ccc(C(=O)N2CCC(c3nc4ccc(F)cc4[nH]3)CC2)cn1. The fraction of sp³-hybridized carbons (Fsp3) is 0.350. The third-order valence-electron chi connectivity index (χ3n) is 5.08. The lowest BCUT2D eigenvalue weighted by atomic mass is 9.96. The largest absolute Gasteiger partial charge is 0.363 e. The van der Waals surface area contributed by atoms with E-state index in [0.29, 0.717) is 18.7 Å². The lowest BCUT2D eigenvalue weighted by molar-refractivity contribution is 0.0711. The highest BCUT2D eigenvalue weighted by Gasteiger charge is 2.26. The number of hydrogen-bond acceptors (Lipinski definition) is 4. The molecule has 1 fully saturated rings. The third-order valence-corrected chi connectivity index (χ3v) is 5.08. The number of carbonyl (C=O) groups excluding carboxylic acids is 1. The number of nitrogens with one attached hydrogen (secondary N) is 1. The number of fused-ring (bicyclic) bond motifs is 1. The van der Waals surface area contributed by atoms with E-state index in [1.807, 2.05) is 36.0 Å². The number of H-pyrrole nitrogens is 1. The van der Waals surface area contributed by atoms with Crippen LogP contribution in [0.5, 0.6) is 0 Å². The number of aromatic nitrogens is 3. The van der Waals surface area contributed by atoms with Gasteiger partial charge in [-0.1, -0.05) is 0 Å². The second kappa shape index (κ2) is 6.98. The number of rotatable bonds is 3. The van der Waals surface area contributed by atoms with Gasteiger partial charge in [0, 0.05) is 39.3 Å².